The van der Waals surface area contributed by atoms with Gasteiger partial charge in [-0.15, -0.1) is 8.46 Å². The minimum absolute atomic E-state index is 0.0323. The molecule has 31 heavy (non-hydrogen) atoms. The Hall–Kier alpha value is 0.650. The highest BCUT2D eigenvalue weighted by molar-refractivity contribution is 14.2. The summed E-state index contributed by atoms with van der Waals surface area (Å²) in [5.41, 5.74) is -1.42. The largest absolute Gasteiger partial charge is 0.315 e. The van der Waals surface area contributed by atoms with Crippen molar-refractivity contribution in [2.45, 2.75) is 43.4 Å². The quantitative estimate of drug-likeness (QED) is 0.0882. The van der Waals surface area contributed by atoms with Crippen LogP contribution in [-0.4, -0.2) is 96.4 Å². The zero-order valence-corrected chi connectivity index (χ0v) is 23.5. The molecule has 2 saturated heterocycles. The van der Waals surface area contributed by atoms with E-state index in [1.54, 1.807) is 0 Å². The molecule has 2 heterocycles. The van der Waals surface area contributed by atoms with Crippen molar-refractivity contribution in [2.75, 3.05) is 39.3 Å². The second-order valence-corrected chi connectivity index (χ2v) is 15.2. The van der Waals surface area contributed by atoms with E-state index in [0.29, 0.717) is 41.1 Å². The summed E-state index contributed by atoms with van der Waals surface area (Å²) >= 11 is 4.18. The van der Waals surface area contributed by atoms with Crippen LogP contribution >= 0.6 is 58.3 Å². The molecule has 0 aromatic carbocycles. The lowest BCUT2D eigenvalue weighted by Crippen LogP contribution is -2.37. The number of carbonyl (C=O) groups is 4. The van der Waals surface area contributed by atoms with Gasteiger partial charge in [-0.2, -0.15) is 22.4 Å². The van der Waals surface area contributed by atoms with Crippen molar-refractivity contribution in [1.82, 2.24) is 20.4 Å². The lowest BCUT2D eigenvalue weighted by molar-refractivity contribution is -0.139. The van der Waals surface area contributed by atoms with Crippen molar-refractivity contribution >= 4 is 94.4 Å². The molecule has 0 spiro atoms. The van der Waals surface area contributed by atoms with Crippen LogP contribution in [0.1, 0.15) is 32.1 Å². The van der Waals surface area contributed by atoms with Gasteiger partial charge in [0.1, 0.15) is 7.57 Å². The van der Waals surface area contributed by atoms with Crippen molar-refractivity contribution in [3.05, 3.63) is 0 Å². The van der Waals surface area contributed by atoms with Crippen LogP contribution in [-0.2, 0) is 19.2 Å². The fourth-order valence-corrected chi connectivity index (χ4v) is 7.56. The minimum Gasteiger partial charge on any atom is -0.315 e. The van der Waals surface area contributed by atoms with Gasteiger partial charge in [-0.1, -0.05) is 33.9 Å². The Labute approximate surface area is 215 Å². The van der Waals surface area contributed by atoms with Gasteiger partial charge in [0.25, 0.3) is 0 Å². The Balaban J connectivity index is 1.44. The van der Waals surface area contributed by atoms with Gasteiger partial charge in [0.05, 0.1) is 11.3 Å². The molecule has 0 aromatic rings. The van der Waals surface area contributed by atoms with Crippen molar-refractivity contribution in [3.63, 3.8) is 0 Å². The van der Waals surface area contributed by atoms with E-state index in [1.165, 1.54) is 9.80 Å². The lowest BCUT2D eigenvalue weighted by Gasteiger charge is -2.16. The number of amides is 4. The predicted octanol–water partition coefficient (Wildman–Crippen LogP) is 1.15. The molecule has 8 nitrogen and oxygen atoms in total. The van der Waals surface area contributed by atoms with E-state index in [-0.39, 0.29) is 41.4 Å². The lowest BCUT2D eigenvalue weighted by atomic mass is 10.2. The topological polar surface area (TPSA) is 98.8 Å². The second kappa shape index (κ2) is 14.8. The van der Waals surface area contributed by atoms with E-state index >= 15 is 0 Å². The van der Waals surface area contributed by atoms with Gasteiger partial charge < -0.3 is 10.6 Å². The monoisotopic (exact) mass is 689 g/mol. The summed E-state index contributed by atoms with van der Waals surface area (Å²) < 4.78 is 0. The van der Waals surface area contributed by atoms with Crippen LogP contribution in [0.2, 0.25) is 0 Å². The van der Waals surface area contributed by atoms with Gasteiger partial charge in [-0.05, 0) is 25.9 Å². The Kier molecular flexibility index (Phi) is 13.3. The maximum atomic E-state index is 12.2. The molecule has 0 aliphatic carbocycles. The molecule has 4 amide bonds. The first-order valence-corrected chi connectivity index (χ1v) is 17.0. The zero-order valence-electron chi connectivity index (χ0n) is 17.3. The number of carbonyl (C=O) groups excluding carboxylic acids is 4. The number of hydrogen-bond donors (Lipinski definition) is 2. The summed E-state index contributed by atoms with van der Waals surface area (Å²) in [5.74, 6) is -0.332. The van der Waals surface area contributed by atoms with Gasteiger partial charge >= 0.3 is 0 Å². The molecule has 2 aliphatic rings. The van der Waals surface area contributed by atoms with E-state index in [2.05, 4.69) is 55.0 Å². The van der Waals surface area contributed by atoms with Crippen molar-refractivity contribution < 1.29 is 19.2 Å². The highest BCUT2D eigenvalue weighted by Crippen LogP contribution is 2.49. The maximum Gasteiger partial charge on any atom is 0.237 e. The van der Waals surface area contributed by atoms with Crippen molar-refractivity contribution in [2.24, 2.45) is 0 Å². The Morgan fingerprint density at radius 1 is 0.935 bits per heavy atom. The normalized spacial score (nSPS) is 23.0. The van der Waals surface area contributed by atoms with Crippen molar-refractivity contribution in [3.8, 4) is 0 Å². The smallest absolute Gasteiger partial charge is 0.237 e. The molecule has 3 radical (unpaired) electrons. The van der Waals surface area contributed by atoms with Gasteiger partial charge in [0.2, 0.25) is 28.5 Å². The number of unbranched alkanes of at least 4 members (excludes halogenated alkanes) is 2. The maximum absolute atomic E-state index is 12.2. The number of nitrogens with zero attached hydrogens (tertiary/aromatic N) is 2. The standard InChI is InChI=1S/C17H27B2I2N4O4P2/c18-31(21)13-11-15(27)25(17(13)29)9-7-23-5-3-1-2-4-22-6-8-24-14(26)10-12(16(24)28)30-19-20/h12-13,22-23,30H,1-11H2. The molecule has 4 unspecified atom stereocenters. The number of halogens is 2. The average Bonchev–Trinajstić information content (AvgIpc) is 3.16. The molecule has 2 fully saturated rings. The highest BCUT2D eigenvalue weighted by atomic mass is 127. The van der Waals surface area contributed by atoms with Gasteiger partial charge in [0.15, 0.2) is 0 Å². The first-order valence-electron chi connectivity index (χ1n) is 10.3. The number of imide groups is 2. The third-order valence-corrected chi connectivity index (χ3v) is 10.3. The number of nitrogens with one attached hydrogen (secondary N) is 2. The van der Waals surface area contributed by atoms with Crippen molar-refractivity contribution in [1.29, 1.82) is 0 Å². The summed E-state index contributed by atoms with van der Waals surface area (Å²) in [6.45, 7) is 3.75. The molecule has 14 heteroatoms. The Morgan fingerprint density at radius 3 is 2.00 bits per heavy atom. The molecule has 169 valence electrons. The van der Waals surface area contributed by atoms with E-state index < -0.39 is 5.44 Å². The molecule has 0 saturated carbocycles. The van der Waals surface area contributed by atoms with E-state index in [4.69, 9.17) is 7.57 Å². The van der Waals surface area contributed by atoms with E-state index in [0.717, 1.165) is 32.4 Å². The molecule has 4 atom stereocenters. The third kappa shape index (κ3) is 8.74. The molecule has 0 aromatic heterocycles. The SMILES string of the molecule is [B]P(I)C1CC(=O)N(CCNCCCCCNCCN2C(=O)CC(P[B]I)C2=O)C1=O. The van der Waals surface area contributed by atoms with Crippen LogP contribution in [0.3, 0.4) is 0 Å². The van der Waals surface area contributed by atoms with Gasteiger partial charge in [-0.25, -0.2) is 0 Å². The first-order chi connectivity index (χ1) is 14.9. The number of hydrogen-bond acceptors (Lipinski definition) is 6. The fraction of sp³-hybridized carbons (Fsp3) is 0.765. The summed E-state index contributed by atoms with van der Waals surface area (Å²) in [6.07, 6.45) is 3.66. The molecular weight excluding hydrogens is 662 g/mol. The third-order valence-electron chi connectivity index (χ3n) is 5.26. The van der Waals surface area contributed by atoms with Crippen LogP contribution in [0.4, 0.5) is 0 Å². The highest BCUT2D eigenvalue weighted by Gasteiger charge is 2.40. The molecule has 2 rings (SSSR count). The number of rotatable bonds is 15. The average molecular weight is 689 g/mol. The number of likely N-dealkylation sites (tertiary alicyclic amines) is 2. The van der Waals surface area contributed by atoms with Crippen LogP contribution < -0.4 is 10.6 Å². The Bertz CT molecular complexity index is 666. The molecule has 2 aliphatic heterocycles. The summed E-state index contributed by atoms with van der Waals surface area (Å²) in [5, 5.41) is 6.58. The van der Waals surface area contributed by atoms with Crippen LogP contribution in [0.5, 0.6) is 0 Å². The van der Waals surface area contributed by atoms with Crippen LogP contribution in [0, 0.1) is 0 Å². The van der Waals surface area contributed by atoms with Gasteiger partial charge in [-0.3, -0.25) is 29.0 Å². The van der Waals surface area contributed by atoms with Gasteiger partial charge in [0, 0.05) is 39.0 Å². The molecule has 2 N–H and O–H groups in total. The van der Waals surface area contributed by atoms with E-state index in [1.807, 2.05) is 4.86 Å². The molecule has 0 bridgehead atoms. The second-order valence-electron chi connectivity index (χ2n) is 7.42. The summed E-state index contributed by atoms with van der Waals surface area (Å²) in [4.78, 5) is 52.9. The fourth-order valence-electron chi connectivity index (χ4n) is 3.53. The Morgan fingerprint density at radius 2 is 1.48 bits per heavy atom. The summed E-state index contributed by atoms with van der Waals surface area (Å²) in [6, 6.07) is 0. The molecular formula is C17H27B2I2N4O4P2. The summed E-state index contributed by atoms with van der Waals surface area (Å²) in [7, 11) is 6.23. The van der Waals surface area contributed by atoms with Crippen LogP contribution in [0.15, 0.2) is 0 Å². The first kappa shape index (κ1) is 27.9. The predicted molar refractivity (Wildman–Crippen MR) is 145 cm³/mol. The van der Waals surface area contributed by atoms with Crippen LogP contribution in [0.25, 0.3) is 0 Å². The zero-order chi connectivity index (χ0) is 22.8. The minimum atomic E-state index is -0.944. The van der Waals surface area contributed by atoms with E-state index in [9.17, 15) is 19.2 Å².